The maximum atomic E-state index is 10.8. The molecule has 0 fully saturated rings. The van der Waals surface area contributed by atoms with E-state index in [2.05, 4.69) is 10.2 Å². The highest BCUT2D eigenvalue weighted by molar-refractivity contribution is 7.99. The zero-order valence-electron chi connectivity index (χ0n) is 10.0. The summed E-state index contributed by atoms with van der Waals surface area (Å²) in [6, 6.07) is 10.0. The van der Waals surface area contributed by atoms with Crippen molar-refractivity contribution in [2.75, 3.05) is 5.75 Å². The van der Waals surface area contributed by atoms with Crippen LogP contribution in [0.3, 0.4) is 0 Å². The van der Waals surface area contributed by atoms with Gasteiger partial charge < -0.3 is 10.3 Å². The van der Waals surface area contributed by atoms with Crippen LogP contribution in [0.25, 0.3) is 0 Å². The molecule has 1 aromatic carbocycles. The quantitative estimate of drug-likeness (QED) is 0.822. The van der Waals surface area contributed by atoms with Gasteiger partial charge in [-0.1, -0.05) is 42.1 Å². The first-order valence-corrected chi connectivity index (χ1v) is 6.50. The SMILES string of the molecule is Cc1nnc(SCC(N)=O)n1Cc1ccccc1. The largest absolute Gasteiger partial charge is 0.369 e. The summed E-state index contributed by atoms with van der Waals surface area (Å²) in [6.45, 7) is 2.59. The lowest BCUT2D eigenvalue weighted by Crippen LogP contribution is -2.14. The summed E-state index contributed by atoms with van der Waals surface area (Å²) in [7, 11) is 0. The molecule has 0 atom stereocenters. The van der Waals surface area contributed by atoms with Crippen LogP contribution in [0.1, 0.15) is 11.4 Å². The Labute approximate surface area is 109 Å². The molecule has 2 aromatic rings. The average molecular weight is 262 g/mol. The van der Waals surface area contributed by atoms with Crippen molar-refractivity contribution < 1.29 is 4.79 Å². The van der Waals surface area contributed by atoms with Crippen molar-refractivity contribution in [3.05, 3.63) is 41.7 Å². The van der Waals surface area contributed by atoms with E-state index in [-0.39, 0.29) is 11.7 Å². The Kier molecular flexibility index (Phi) is 3.99. The maximum absolute atomic E-state index is 10.8. The zero-order chi connectivity index (χ0) is 13.0. The molecule has 94 valence electrons. The van der Waals surface area contributed by atoms with Gasteiger partial charge in [-0.3, -0.25) is 4.79 Å². The fourth-order valence-electron chi connectivity index (χ4n) is 1.55. The second-order valence-electron chi connectivity index (χ2n) is 3.86. The molecule has 0 radical (unpaired) electrons. The van der Waals surface area contributed by atoms with Crippen molar-refractivity contribution in [1.29, 1.82) is 0 Å². The van der Waals surface area contributed by atoms with E-state index in [1.165, 1.54) is 17.3 Å². The second kappa shape index (κ2) is 5.68. The first kappa shape index (κ1) is 12.6. The molecule has 0 aliphatic carbocycles. The lowest BCUT2D eigenvalue weighted by molar-refractivity contribution is -0.115. The maximum Gasteiger partial charge on any atom is 0.227 e. The lowest BCUT2D eigenvalue weighted by atomic mass is 10.2. The fraction of sp³-hybridized carbons (Fsp3) is 0.250. The predicted octanol–water partition coefficient (Wildman–Crippen LogP) is 1.21. The summed E-state index contributed by atoms with van der Waals surface area (Å²) in [4.78, 5) is 10.8. The molecular weight excluding hydrogens is 248 g/mol. The van der Waals surface area contributed by atoms with Crippen LogP contribution in [-0.2, 0) is 11.3 Å². The van der Waals surface area contributed by atoms with Crippen molar-refractivity contribution in [2.45, 2.75) is 18.6 Å². The number of amides is 1. The van der Waals surface area contributed by atoms with E-state index < -0.39 is 0 Å². The average Bonchev–Trinajstić information content (AvgIpc) is 2.70. The molecule has 0 unspecified atom stereocenters. The summed E-state index contributed by atoms with van der Waals surface area (Å²) in [5.41, 5.74) is 6.30. The minimum atomic E-state index is -0.355. The van der Waals surface area contributed by atoms with Crippen molar-refractivity contribution in [3.63, 3.8) is 0 Å². The Hall–Kier alpha value is -1.82. The number of nitrogens with two attached hydrogens (primary N) is 1. The van der Waals surface area contributed by atoms with Crippen LogP contribution >= 0.6 is 11.8 Å². The van der Waals surface area contributed by atoms with Crippen molar-refractivity contribution >= 4 is 17.7 Å². The molecule has 2 rings (SSSR count). The molecule has 0 saturated carbocycles. The molecule has 2 N–H and O–H groups in total. The topological polar surface area (TPSA) is 73.8 Å². The van der Waals surface area contributed by atoms with E-state index in [0.29, 0.717) is 6.54 Å². The summed E-state index contributed by atoms with van der Waals surface area (Å²) >= 11 is 1.31. The van der Waals surface area contributed by atoms with Gasteiger partial charge in [-0.05, 0) is 12.5 Å². The zero-order valence-corrected chi connectivity index (χ0v) is 10.9. The second-order valence-corrected chi connectivity index (χ2v) is 4.80. The highest BCUT2D eigenvalue weighted by Crippen LogP contribution is 2.17. The van der Waals surface area contributed by atoms with E-state index in [1.807, 2.05) is 41.8 Å². The normalized spacial score (nSPS) is 10.5. The Morgan fingerprint density at radius 2 is 2.06 bits per heavy atom. The standard InChI is InChI=1S/C12H14N4OS/c1-9-14-15-12(18-8-11(13)17)16(9)7-10-5-3-2-4-6-10/h2-6H,7-8H2,1H3,(H2,13,17). The minimum absolute atomic E-state index is 0.215. The van der Waals surface area contributed by atoms with Crippen LogP contribution in [0, 0.1) is 6.92 Å². The molecule has 1 aromatic heterocycles. The third-order valence-electron chi connectivity index (χ3n) is 2.43. The van der Waals surface area contributed by atoms with Gasteiger partial charge in [0.1, 0.15) is 5.82 Å². The molecule has 0 spiro atoms. The lowest BCUT2D eigenvalue weighted by Gasteiger charge is -2.07. The third-order valence-corrected chi connectivity index (χ3v) is 3.42. The number of carbonyl (C=O) groups excluding carboxylic acids is 1. The Bertz CT molecular complexity index is 538. The number of rotatable bonds is 5. The molecule has 1 amide bonds. The summed E-state index contributed by atoms with van der Waals surface area (Å²) in [5.74, 6) is 0.685. The van der Waals surface area contributed by atoms with Crippen LogP contribution in [0.4, 0.5) is 0 Å². The number of benzene rings is 1. The van der Waals surface area contributed by atoms with Gasteiger partial charge in [0.25, 0.3) is 0 Å². The molecule has 18 heavy (non-hydrogen) atoms. The van der Waals surface area contributed by atoms with Gasteiger partial charge in [0.2, 0.25) is 5.91 Å². The van der Waals surface area contributed by atoms with Gasteiger partial charge >= 0.3 is 0 Å². The summed E-state index contributed by atoms with van der Waals surface area (Å²) < 4.78 is 1.98. The molecular formula is C12H14N4OS. The number of thioether (sulfide) groups is 1. The fourth-order valence-corrected chi connectivity index (χ4v) is 2.27. The Morgan fingerprint density at radius 1 is 1.33 bits per heavy atom. The van der Waals surface area contributed by atoms with Gasteiger partial charge in [0.05, 0.1) is 12.3 Å². The molecule has 6 heteroatoms. The number of hydrogen-bond donors (Lipinski definition) is 1. The molecule has 0 saturated heterocycles. The van der Waals surface area contributed by atoms with Gasteiger partial charge in [0.15, 0.2) is 5.16 Å². The van der Waals surface area contributed by atoms with Crippen molar-refractivity contribution in [2.24, 2.45) is 5.73 Å². The molecule has 1 heterocycles. The highest BCUT2D eigenvalue weighted by atomic mass is 32.2. The van der Waals surface area contributed by atoms with Crippen LogP contribution in [0.2, 0.25) is 0 Å². The van der Waals surface area contributed by atoms with E-state index in [0.717, 1.165) is 11.0 Å². The number of nitrogens with zero attached hydrogens (tertiary/aromatic N) is 3. The number of aryl methyl sites for hydroxylation is 1. The van der Waals surface area contributed by atoms with Gasteiger partial charge in [-0.15, -0.1) is 10.2 Å². The third kappa shape index (κ3) is 3.10. The Balaban J connectivity index is 2.16. The van der Waals surface area contributed by atoms with Crippen LogP contribution in [-0.4, -0.2) is 26.4 Å². The van der Waals surface area contributed by atoms with Gasteiger partial charge in [-0.25, -0.2) is 0 Å². The molecule has 0 aliphatic heterocycles. The van der Waals surface area contributed by atoms with E-state index in [1.54, 1.807) is 0 Å². The van der Waals surface area contributed by atoms with Gasteiger partial charge in [-0.2, -0.15) is 0 Å². The van der Waals surface area contributed by atoms with Crippen LogP contribution in [0.15, 0.2) is 35.5 Å². The first-order chi connectivity index (χ1) is 8.66. The monoisotopic (exact) mass is 262 g/mol. The highest BCUT2D eigenvalue weighted by Gasteiger charge is 2.10. The van der Waals surface area contributed by atoms with E-state index in [9.17, 15) is 4.79 Å². The summed E-state index contributed by atoms with van der Waals surface area (Å²) in [6.07, 6.45) is 0. The van der Waals surface area contributed by atoms with Crippen molar-refractivity contribution in [3.8, 4) is 0 Å². The van der Waals surface area contributed by atoms with Gasteiger partial charge in [0, 0.05) is 0 Å². The number of primary amides is 1. The molecule has 5 nitrogen and oxygen atoms in total. The number of aromatic nitrogens is 3. The smallest absolute Gasteiger partial charge is 0.227 e. The number of carbonyl (C=O) groups is 1. The van der Waals surface area contributed by atoms with E-state index >= 15 is 0 Å². The molecule has 0 bridgehead atoms. The summed E-state index contributed by atoms with van der Waals surface area (Å²) in [5, 5.41) is 8.80. The van der Waals surface area contributed by atoms with Crippen LogP contribution < -0.4 is 5.73 Å². The molecule has 0 aliphatic rings. The predicted molar refractivity (Wildman–Crippen MR) is 70.2 cm³/mol. The van der Waals surface area contributed by atoms with Crippen LogP contribution in [0.5, 0.6) is 0 Å². The minimum Gasteiger partial charge on any atom is -0.369 e. The Morgan fingerprint density at radius 3 is 2.72 bits per heavy atom. The van der Waals surface area contributed by atoms with E-state index in [4.69, 9.17) is 5.73 Å². The van der Waals surface area contributed by atoms with Crippen molar-refractivity contribution in [1.82, 2.24) is 14.8 Å². The first-order valence-electron chi connectivity index (χ1n) is 5.51. The number of hydrogen-bond acceptors (Lipinski definition) is 4.